The number of methoxy groups -OCH3 is 1. The summed E-state index contributed by atoms with van der Waals surface area (Å²) in [4.78, 5) is 24.5. The van der Waals surface area contributed by atoms with Gasteiger partial charge in [-0.05, 0) is 56.0 Å². The molecule has 5 heteroatoms. The molecule has 2 aliphatic heterocycles. The van der Waals surface area contributed by atoms with Crippen LogP contribution in [-0.2, 0) is 15.0 Å². The minimum atomic E-state index is -0.620. The first-order valence-corrected chi connectivity index (χ1v) is 7.86. The lowest BCUT2D eigenvalue weighted by Crippen LogP contribution is -2.57. The third kappa shape index (κ3) is 2.50. The van der Waals surface area contributed by atoms with E-state index in [2.05, 4.69) is 10.6 Å². The highest BCUT2D eigenvalue weighted by molar-refractivity contribution is 6.03. The fourth-order valence-corrected chi connectivity index (χ4v) is 3.84. The third-order valence-corrected chi connectivity index (χ3v) is 5.03. The zero-order chi connectivity index (χ0) is 15.6. The van der Waals surface area contributed by atoms with Gasteiger partial charge in [0, 0.05) is 6.42 Å². The van der Waals surface area contributed by atoms with Crippen molar-refractivity contribution in [2.45, 2.75) is 31.1 Å². The average molecular weight is 302 g/mol. The van der Waals surface area contributed by atoms with Gasteiger partial charge in [-0.1, -0.05) is 12.1 Å². The highest BCUT2D eigenvalue weighted by Crippen LogP contribution is 2.44. The van der Waals surface area contributed by atoms with E-state index in [1.165, 1.54) is 0 Å². The summed E-state index contributed by atoms with van der Waals surface area (Å²) >= 11 is 0. The summed E-state index contributed by atoms with van der Waals surface area (Å²) in [6, 6.07) is 7.73. The summed E-state index contributed by atoms with van der Waals surface area (Å²) in [6.07, 6.45) is 2.86. The molecule has 0 radical (unpaired) electrons. The van der Waals surface area contributed by atoms with Gasteiger partial charge in [0.15, 0.2) is 0 Å². The minimum Gasteiger partial charge on any atom is -0.497 e. The first-order chi connectivity index (χ1) is 10.7. The molecule has 1 aromatic rings. The molecule has 0 saturated carbocycles. The molecule has 0 aliphatic carbocycles. The highest BCUT2D eigenvalue weighted by Gasteiger charge is 2.49. The number of rotatable bonds is 3. The maximum Gasteiger partial charge on any atom is 0.237 e. The van der Waals surface area contributed by atoms with Crippen molar-refractivity contribution in [3.63, 3.8) is 0 Å². The number of imide groups is 1. The zero-order valence-corrected chi connectivity index (χ0v) is 12.9. The van der Waals surface area contributed by atoms with Crippen LogP contribution < -0.4 is 15.4 Å². The van der Waals surface area contributed by atoms with Crippen LogP contribution in [0.4, 0.5) is 0 Å². The molecule has 2 saturated heterocycles. The van der Waals surface area contributed by atoms with Crippen molar-refractivity contribution in [2.75, 3.05) is 20.2 Å². The van der Waals surface area contributed by atoms with Crippen LogP contribution in [0.5, 0.6) is 5.75 Å². The first kappa shape index (κ1) is 15.0. The van der Waals surface area contributed by atoms with E-state index in [4.69, 9.17) is 4.74 Å². The second kappa shape index (κ2) is 6.08. The van der Waals surface area contributed by atoms with Crippen molar-refractivity contribution in [3.8, 4) is 5.75 Å². The van der Waals surface area contributed by atoms with Crippen molar-refractivity contribution in [2.24, 2.45) is 5.92 Å². The summed E-state index contributed by atoms with van der Waals surface area (Å²) in [6.45, 7) is 1.83. The predicted molar refractivity (Wildman–Crippen MR) is 82.6 cm³/mol. The van der Waals surface area contributed by atoms with Gasteiger partial charge in [-0.15, -0.1) is 0 Å². The number of benzene rings is 1. The Morgan fingerprint density at radius 2 is 2.00 bits per heavy atom. The second-order valence-corrected chi connectivity index (χ2v) is 6.10. The van der Waals surface area contributed by atoms with Crippen molar-refractivity contribution in [1.82, 2.24) is 10.6 Å². The monoisotopic (exact) mass is 302 g/mol. The Kier molecular flexibility index (Phi) is 4.16. The van der Waals surface area contributed by atoms with E-state index in [-0.39, 0.29) is 17.7 Å². The summed E-state index contributed by atoms with van der Waals surface area (Å²) in [5, 5.41) is 5.91. The number of carbonyl (C=O) groups is 2. The van der Waals surface area contributed by atoms with Crippen molar-refractivity contribution >= 4 is 11.8 Å². The quantitative estimate of drug-likeness (QED) is 0.828. The molecular weight excluding hydrogens is 280 g/mol. The van der Waals surface area contributed by atoms with Gasteiger partial charge in [0.25, 0.3) is 0 Å². The molecule has 1 aromatic carbocycles. The van der Waals surface area contributed by atoms with Crippen LogP contribution in [0.25, 0.3) is 0 Å². The van der Waals surface area contributed by atoms with E-state index in [9.17, 15) is 9.59 Å². The number of piperidine rings is 2. The SMILES string of the molecule is COc1cccc(C2(C3CCNCC3)CCC(=O)NC2=O)c1. The fourth-order valence-electron chi connectivity index (χ4n) is 3.84. The fraction of sp³-hybridized carbons (Fsp3) is 0.529. The van der Waals surface area contributed by atoms with Crippen LogP contribution in [0.1, 0.15) is 31.2 Å². The number of carbonyl (C=O) groups excluding carboxylic acids is 2. The molecule has 2 heterocycles. The molecule has 2 N–H and O–H groups in total. The first-order valence-electron chi connectivity index (χ1n) is 7.86. The summed E-state index contributed by atoms with van der Waals surface area (Å²) in [5.74, 6) is 0.672. The molecule has 3 rings (SSSR count). The highest BCUT2D eigenvalue weighted by atomic mass is 16.5. The Balaban J connectivity index is 2.05. The van der Waals surface area contributed by atoms with Crippen molar-refractivity contribution in [1.29, 1.82) is 0 Å². The maximum absolute atomic E-state index is 12.8. The Morgan fingerprint density at radius 3 is 2.68 bits per heavy atom. The van der Waals surface area contributed by atoms with Crippen LogP contribution in [-0.4, -0.2) is 32.0 Å². The van der Waals surface area contributed by atoms with Gasteiger partial charge in [-0.2, -0.15) is 0 Å². The van der Waals surface area contributed by atoms with Crippen LogP contribution >= 0.6 is 0 Å². The van der Waals surface area contributed by atoms with Crippen LogP contribution in [0.15, 0.2) is 24.3 Å². The molecule has 2 fully saturated rings. The summed E-state index contributed by atoms with van der Waals surface area (Å²) in [5.41, 5.74) is 0.341. The molecule has 1 unspecified atom stereocenters. The summed E-state index contributed by atoms with van der Waals surface area (Å²) in [7, 11) is 1.63. The smallest absolute Gasteiger partial charge is 0.237 e. The normalized spacial score (nSPS) is 26.6. The Hall–Kier alpha value is -1.88. The van der Waals surface area contributed by atoms with Gasteiger partial charge >= 0.3 is 0 Å². The summed E-state index contributed by atoms with van der Waals surface area (Å²) < 4.78 is 5.32. The number of hydrogen-bond donors (Lipinski definition) is 2. The van der Waals surface area contributed by atoms with Gasteiger partial charge in [0.1, 0.15) is 5.75 Å². The molecule has 0 aromatic heterocycles. The van der Waals surface area contributed by atoms with E-state index >= 15 is 0 Å². The molecule has 5 nitrogen and oxygen atoms in total. The number of ether oxygens (including phenoxy) is 1. The lowest BCUT2D eigenvalue weighted by atomic mass is 9.62. The van der Waals surface area contributed by atoms with Crippen LogP contribution in [0.3, 0.4) is 0 Å². The largest absolute Gasteiger partial charge is 0.497 e. The van der Waals surface area contributed by atoms with Gasteiger partial charge in [0.05, 0.1) is 12.5 Å². The van der Waals surface area contributed by atoms with Crippen LogP contribution in [0.2, 0.25) is 0 Å². The van der Waals surface area contributed by atoms with E-state index in [0.717, 1.165) is 37.2 Å². The number of nitrogens with one attached hydrogen (secondary N) is 2. The molecule has 0 bridgehead atoms. The minimum absolute atomic E-state index is 0.149. The molecule has 118 valence electrons. The molecule has 2 amide bonds. The Morgan fingerprint density at radius 1 is 1.23 bits per heavy atom. The molecule has 2 aliphatic rings. The molecule has 1 atom stereocenters. The lowest BCUT2D eigenvalue weighted by molar-refractivity contribution is -0.140. The lowest BCUT2D eigenvalue weighted by Gasteiger charge is -2.44. The standard InChI is InChI=1S/C17H22N2O3/c1-22-14-4-2-3-13(11-14)17(12-6-9-18-10-7-12)8-5-15(20)19-16(17)21/h2-4,11-12,18H,5-10H2,1H3,(H,19,20,21). The maximum atomic E-state index is 12.8. The van der Waals surface area contributed by atoms with Gasteiger partial charge in [-0.25, -0.2) is 0 Å². The van der Waals surface area contributed by atoms with Gasteiger partial charge < -0.3 is 10.1 Å². The van der Waals surface area contributed by atoms with Gasteiger partial charge in [-0.3, -0.25) is 14.9 Å². The van der Waals surface area contributed by atoms with E-state index in [1.54, 1.807) is 7.11 Å². The van der Waals surface area contributed by atoms with Gasteiger partial charge in [0.2, 0.25) is 11.8 Å². The Labute approximate surface area is 130 Å². The van der Waals surface area contributed by atoms with E-state index in [1.807, 2.05) is 24.3 Å². The average Bonchev–Trinajstić information content (AvgIpc) is 2.56. The Bertz CT molecular complexity index is 581. The zero-order valence-electron chi connectivity index (χ0n) is 12.9. The third-order valence-electron chi connectivity index (χ3n) is 5.03. The molecule has 22 heavy (non-hydrogen) atoms. The number of amides is 2. The van der Waals surface area contributed by atoms with Crippen LogP contribution in [0, 0.1) is 5.92 Å². The van der Waals surface area contributed by atoms with Crippen molar-refractivity contribution in [3.05, 3.63) is 29.8 Å². The number of hydrogen-bond acceptors (Lipinski definition) is 4. The van der Waals surface area contributed by atoms with E-state index < -0.39 is 5.41 Å². The second-order valence-electron chi connectivity index (χ2n) is 6.10. The molecular formula is C17H22N2O3. The van der Waals surface area contributed by atoms with E-state index in [0.29, 0.717) is 12.8 Å². The molecule has 0 spiro atoms. The topological polar surface area (TPSA) is 67.4 Å². The van der Waals surface area contributed by atoms with Crippen molar-refractivity contribution < 1.29 is 14.3 Å². The predicted octanol–water partition coefficient (Wildman–Crippen LogP) is 1.37.